The van der Waals surface area contributed by atoms with Gasteiger partial charge >= 0.3 is 0 Å². The van der Waals surface area contributed by atoms with E-state index in [0.717, 1.165) is 16.9 Å². The van der Waals surface area contributed by atoms with Crippen molar-refractivity contribution in [1.29, 1.82) is 0 Å². The standard InChI is InChI=1S/C45H39NO/c1-43(2)37-18-12-10-16-31(37)32-22-20-29(26-38(32)43)46(28-14-8-7-9-15-28)30-21-23-33-35-24-25-36-34-17-11-13-19-40(34)47-42(36)41(35)45(5,6)44(3,4)39(33)27-30/h7-27H,1-6H3. The predicted molar refractivity (Wildman–Crippen MR) is 197 cm³/mol. The maximum absolute atomic E-state index is 6.64. The number of rotatable bonds is 3. The molecule has 1 aromatic heterocycles. The fraction of sp³-hybridized carbons (Fsp3) is 0.200. The van der Waals surface area contributed by atoms with Crippen LogP contribution in [-0.2, 0) is 16.2 Å². The molecule has 0 radical (unpaired) electrons. The van der Waals surface area contributed by atoms with Gasteiger partial charge in [0.05, 0.1) is 0 Å². The van der Waals surface area contributed by atoms with Crippen LogP contribution >= 0.6 is 0 Å². The van der Waals surface area contributed by atoms with Gasteiger partial charge < -0.3 is 9.32 Å². The van der Waals surface area contributed by atoms with Crippen LogP contribution in [0.15, 0.2) is 132 Å². The molecule has 2 heteroatoms. The molecule has 0 saturated carbocycles. The van der Waals surface area contributed by atoms with Crippen LogP contribution in [0, 0.1) is 0 Å². The van der Waals surface area contributed by atoms with Crippen LogP contribution in [0.2, 0.25) is 0 Å². The van der Waals surface area contributed by atoms with Gasteiger partial charge in [-0.25, -0.2) is 0 Å². The molecule has 0 saturated heterocycles. The first-order chi connectivity index (χ1) is 22.6. The van der Waals surface area contributed by atoms with Gasteiger partial charge in [0, 0.05) is 44.2 Å². The summed E-state index contributed by atoms with van der Waals surface area (Å²) in [4.78, 5) is 2.43. The van der Waals surface area contributed by atoms with Gasteiger partial charge in [-0.15, -0.1) is 0 Å². The number of para-hydroxylation sites is 2. The molecule has 0 unspecified atom stereocenters. The summed E-state index contributed by atoms with van der Waals surface area (Å²) in [5, 5.41) is 2.37. The van der Waals surface area contributed by atoms with E-state index in [1.165, 1.54) is 66.7 Å². The Morgan fingerprint density at radius 1 is 0.447 bits per heavy atom. The normalized spacial score (nSPS) is 16.4. The topological polar surface area (TPSA) is 16.4 Å². The van der Waals surface area contributed by atoms with Crippen LogP contribution in [0.4, 0.5) is 17.1 Å². The second-order valence-corrected chi connectivity index (χ2v) is 15.0. The molecule has 0 amide bonds. The Kier molecular flexibility index (Phi) is 5.68. The number of anilines is 3. The summed E-state index contributed by atoms with van der Waals surface area (Å²) in [6, 6.07) is 46.8. The second kappa shape index (κ2) is 9.48. The van der Waals surface area contributed by atoms with Crippen molar-refractivity contribution in [1.82, 2.24) is 0 Å². The lowest BCUT2D eigenvalue weighted by molar-refractivity contribution is 0.299. The zero-order valence-corrected chi connectivity index (χ0v) is 28.0. The molecule has 7 aromatic rings. The van der Waals surface area contributed by atoms with E-state index in [1.54, 1.807) is 0 Å². The van der Waals surface area contributed by atoms with Gasteiger partial charge in [0.25, 0.3) is 0 Å². The Hall–Kier alpha value is -5.08. The first-order valence-electron chi connectivity index (χ1n) is 16.8. The lowest BCUT2D eigenvalue weighted by atomic mass is 9.55. The van der Waals surface area contributed by atoms with Crippen LogP contribution in [0.1, 0.15) is 63.8 Å². The lowest BCUT2D eigenvalue weighted by Crippen LogP contribution is -2.43. The Bertz CT molecular complexity index is 2390. The fourth-order valence-electron chi connectivity index (χ4n) is 8.56. The number of benzene rings is 6. The number of hydrogen-bond acceptors (Lipinski definition) is 2. The van der Waals surface area contributed by atoms with E-state index in [4.69, 9.17) is 4.42 Å². The molecule has 0 N–H and O–H groups in total. The highest BCUT2D eigenvalue weighted by molar-refractivity contribution is 6.08. The van der Waals surface area contributed by atoms with Gasteiger partial charge in [-0.2, -0.15) is 0 Å². The van der Waals surface area contributed by atoms with E-state index in [2.05, 4.69) is 174 Å². The maximum atomic E-state index is 6.64. The minimum absolute atomic E-state index is 0.0716. The number of furan rings is 1. The largest absolute Gasteiger partial charge is 0.456 e. The maximum Gasteiger partial charge on any atom is 0.139 e. The van der Waals surface area contributed by atoms with Crippen molar-refractivity contribution in [3.63, 3.8) is 0 Å². The van der Waals surface area contributed by atoms with Gasteiger partial charge in [0.1, 0.15) is 11.2 Å². The molecule has 1 heterocycles. The van der Waals surface area contributed by atoms with Crippen LogP contribution in [-0.4, -0.2) is 0 Å². The molecule has 0 atom stereocenters. The molecule has 47 heavy (non-hydrogen) atoms. The van der Waals surface area contributed by atoms with Crippen LogP contribution < -0.4 is 4.90 Å². The minimum Gasteiger partial charge on any atom is -0.456 e. The third-order valence-corrected chi connectivity index (χ3v) is 11.8. The molecule has 230 valence electrons. The smallest absolute Gasteiger partial charge is 0.139 e. The Balaban J connectivity index is 1.25. The molecule has 2 aliphatic carbocycles. The first-order valence-corrected chi connectivity index (χ1v) is 16.8. The number of hydrogen-bond donors (Lipinski definition) is 0. The monoisotopic (exact) mass is 609 g/mol. The van der Waals surface area contributed by atoms with Crippen molar-refractivity contribution < 1.29 is 4.42 Å². The highest BCUT2D eigenvalue weighted by atomic mass is 16.3. The molecule has 0 bridgehead atoms. The molecule has 0 aliphatic heterocycles. The summed E-state index contributed by atoms with van der Waals surface area (Å²) in [6.45, 7) is 14.3. The summed E-state index contributed by atoms with van der Waals surface area (Å²) in [5.41, 5.74) is 15.7. The zero-order chi connectivity index (χ0) is 32.3. The fourth-order valence-corrected chi connectivity index (χ4v) is 8.56. The first kappa shape index (κ1) is 28.2. The summed E-state index contributed by atoms with van der Waals surface area (Å²) in [5.74, 6) is 0. The van der Waals surface area contributed by atoms with E-state index >= 15 is 0 Å². The summed E-state index contributed by atoms with van der Waals surface area (Å²) < 4.78 is 6.64. The van der Waals surface area contributed by atoms with Crippen molar-refractivity contribution >= 4 is 39.0 Å². The Morgan fingerprint density at radius 3 is 1.81 bits per heavy atom. The average Bonchev–Trinajstić information content (AvgIpc) is 3.56. The Labute approximate surface area is 277 Å². The van der Waals surface area contributed by atoms with Gasteiger partial charge in [0.2, 0.25) is 0 Å². The predicted octanol–water partition coefficient (Wildman–Crippen LogP) is 12.6. The van der Waals surface area contributed by atoms with E-state index in [0.29, 0.717) is 0 Å². The number of nitrogens with zero attached hydrogens (tertiary/aromatic N) is 1. The van der Waals surface area contributed by atoms with Crippen LogP contribution in [0.25, 0.3) is 44.2 Å². The SMILES string of the molecule is CC1(C)c2ccccc2-c2ccc(N(c3ccccc3)c3ccc4c(c3)C(C)(C)C(C)(C)c3c-4ccc4c3oc3ccccc34)cc21. The second-order valence-electron chi connectivity index (χ2n) is 15.0. The molecular weight excluding hydrogens is 571 g/mol. The lowest BCUT2D eigenvalue weighted by Gasteiger charge is -2.48. The quantitative estimate of drug-likeness (QED) is 0.198. The Morgan fingerprint density at radius 2 is 1.04 bits per heavy atom. The molecule has 2 aliphatic rings. The van der Waals surface area contributed by atoms with Crippen molar-refractivity contribution in [3.05, 3.63) is 150 Å². The third kappa shape index (κ3) is 3.73. The van der Waals surface area contributed by atoms with Crippen molar-refractivity contribution in [3.8, 4) is 22.3 Å². The van der Waals surface area contributed by atoms with E-state index < -0.39 is 0 Å². The zero-order valence-electron chi connectivity index (χ0n) is 28.0. The molecule has 9 rings (SSSR count). The summed E-state index contributed by atoms with van der Waals surface area (Å²) in [7, 11) is 0. The van der Waals surface area contributed by atoms with Crippen molar-refractivity contribution in [2.24, 2.45) is 0 Å². The van der Waals surface area contributed by atoms with Crippen LogP contribution in [0.5, 0.6) is 0 Å². The van der Waals surface area contributed by atoms with Gasteiger partial charge in [0.15, 0.2) is 0 Å². The molecule has 6 aromatic carbocycles. The van der Waals surface area contributed by atoms with E-state index in [9.17, 15) is 0 Å². The summed E-state index contributed by atoms with van der Waals surface area (Å²) in [6.07, 6.45) is 0. The molecule has 0 fully saturated rings. The molecular formula is C45H39NO. The van der Waals surface area contributed by atoms with Crippen LogP contribution in [0.3, 0.4) is 0 Å². The highest BCUT2D eigenvalue weighted by Crippen LogP contribution is 2.57. The molecule has 2 nitrogen and oxygen atoms in total. The summed E-state index contributed by atoms with van der Waals surface area (Å²) >= 11 is 0. The highest BCUT2D eigenvalue weighted by Gasteiger charge is 2.48. The van der Waals surface area contributed by atoms with Gasteiger partial charge in [-0.1, -0.05) is 120 Å². The average molecular weight is 610 g/mol. The molecule has 0 spiro atoms. The van der Waals surface area contributed by atoms with Gasteiger partial charge in [-0.05, 0) is 92.9 Å². The van der Waals surface area contributed by atoms with Gasteiger partial charge in [-0.3, -0.25) is 0 Å². The van der Waals surface area contributed by atoms with E-state index in [1.807, 2.05) is 0 Å². The third-order valence-electron chi connectivity index (χ3n) is 11.8. The van der Waals surface area contributed by atoms with E-state index in [-0.39, 0.29) is 16.2 Å². The number of fused-ring (bicyclic) bond motifs is 10. The minimum atomic E-state index is -0.192. The van der Waals surface area contributed by atoms with Crippen molar-refractivity contribution in [2.45, 2.75) is 57.8 Å². The van der Waals surface area contributed by atoms with Crippen molar-refractivity contribution in [2.75, 3.05) is 4.90 Å².